The topological polar surface area (TPSA) is 0 Å². The van der Waals surface area contributed by atoms with Crippen LogP contribution in [0.3, 0.4) is 0 Å². The van der Waals surface area contributed by atoms with Crippen molar-refractivity contribution < 1.29 is 26.2 Å². The van der Waals surface area contributed by atoms with Crippen molar-refractivity contribution >= 4 is 19.3 Å². The maximum absolute atomic E-state index is 2.45. The van der Waals surface area contributed by atoms with Crippen LogP contribution in [0.4, 0.5) is 0 Å². The molecule has 26 heavy (non-hydrogen) atoms. The zero-order chi connectivity index (χ0) is 17.4. The fourth-order valence-corrected chi connectivity index (χ4v) is 5.53. The van der Waals surface area contributed by atoms with Gasteiger partial charge in [0.25, 0.3) is 0 Å². The van der Waals surface area contributed by atoms with E-state index in [9.17, 15) is 0 Å². The van der Waals surface area contributed by atoms with Crippen LogP contribution in [0.5, 0.6) is 0 Å². The quantitative estimate of drug-likeness (QED) is 0.485. The molecule has 0 bridgehead atoms. The fraction of sp³-hybridized carbons (Fsp3) is 0.375. The molecule has 4 rings (SSSR count). The molecule has 0 aliphatic heterocycles. The van der Waals surface area contributed by atoms with Crippen molar-refractivity contribution in [2.45, 2.75) is 51.7 Å². The van der Waals surface area contributed by atoms with Gasteiger partial charge in [-0.1, -0.05) is 105 Å². The first-order valence-corrected chi connectivity index (χ1v) is 13.3. The van der Waals surface area contributed by atoms with Crippen LogP contribution < -0.4 is 5.19 Å². The molecule has 0 heterocycles. The molecule has 0 atom stereocenters. The second-order valence-corrected chi connectivity index (χ2v) is 13.9. The smallest absolute Gasteiger partial charge is 0.0656 e. The number of fused-ring (bicyclic) bond motifs is 1. The van der Waals surface area contributed by atoms with Crippen LogP contribution in [-0.2, 0) is 26.2 Å². The van der Waals surface area contributed by atoms with E-state index in [0.717, 1.165) is 5.92 Å². The Bertz CT molecular complexity index is 790. The first-order chi connectivity index (χ1) is 12.0. The van der Waals surface area contributed by atoms with E-state index in [4.69, 9.17) is 0 Å². The van der Waals surface area contributed by atoms with Gasteiger partial charge in [0, 0.05) is 32.6 Å². The van der Waals surface area contributed by atoms with Gasteiger partial charge in [0.05, 0.1) is 8.07 Å². The molecule has 0 unspecified atom stereocenters. The summed E-state index contributed by atoms with van der Waals surface area (Å²) in [6.07, 6.45) is 11.9. The van der Waals surface area contributed by atoms with Gasteiger partial charge in [0.2, 0.25) is 0 Å². The van der Waals surface area contributed by atoms with Crippen molar-refractivity contribution in [3.63, 3.8) is 0 Å². The van der Waals surface area contributed by atoms with Crippen LogP contribution in [0.1, 0.15) is 43.2 Å². The van der Waals surface area contributed by atoms with Gasteiger partial charge in [0.15, 0.2) is 0 Å². The molecule has 133 valence electrons. The minimum atomic E-state index is -1.23. The molecule has 2 aliphatic carbocycles. The van der Waals surface area contributed by atoms with E-state index in [0.29, 0.717) is 0 Å². The molecule has 0 spiro atoms. The number of benzene rings is 2. The molecular weight excluding hydrogens is 408 g/mol. The summed E-state index contributed by atoms with van der Waals surface area (Å²) in [6, 6.07) is 16.1. The van der Waals surface area contributed by atoms with E-state index in [1.165, 1.54) is 65.1 Å². The number of hydrogen-bond acceptors (Lipinski definition) is 0. The Kier molecular flexibility index (Phi) is 6.25. The minimum Gasteiger partial charge on any atom is -0.0656 e. The Labute approximate surface area is 179 Å². The zero-order valence-electron chi connectivity index (χ0n) is 16.3. The van der Waals surface area contributed by atoms with Gasteiger partial charge in [-0.05, 0) is 34.6 Å². The zero-order valence-corrected chi connectivity index (χ0v) is 19.8. The molecule has 0 N–H and O–H groups in total. The van der Waals surface area contributed by atoms with E-state index in [1.807, 2.05) is 0 Å². The monoisotopic (exact) mass is 435 g/mol. The van der Waals surface area contributed by atoms with E-state index in [-0.39, 0.29) is 26.2 Å². The van der Waals surface area contributed by atoms with Crippen molar-refractivity contribution in [3.05, 3.63) is 65.6 Å². The normalized spacial score (nSPS) is 17.0. The van der Waals surface area contributed by atoms with Crippen molar-refractivity contribution in [3.8, 4) is 11.1 Å². The summed E-state index contributed by atoms with van der Waals surface area (Å²) in [6.45, 7) is 7.24. The summed E-state index contributed by atoms with van der Waals surface area (Å²) in [4.78, 5) is 0. The standard InChI is InChI=1S/C24H29Si.Zr/c1-25(2,3)22-13-11-20(12-14-22)23-10-6-9-21-16-19(17-24(21)23)15-18-7-4-5-8-18;/h6,9-14,16-18H,4-5,7-8,15H2,1-3H3;. The predicted molar refractivity (Wildman–Crippen MR) is 113 cm³/mol. The molecular formula is C24H29SiZr. The number of rotatable bonds is 4. The minimum absolute atomic E-state index is 0. The van der Waals surface area contributed by atoms with Crippen molar-refractivity contribution in [1.29, 1.82) is 0 Å². The van der Waals surface area contributed by atoms with Crippen LogP contribution in [0.25, 0.3) is 17.2 Å². The Balaban J connectivity index is 0.00000196. The Morgan fingerprint density at radius 2 is 1.62 bits per heavy atom. The Morgan fingerprint density at radius 3 is 2.27 bits per heavy atom. The molecule has 0 aromatic heterocycles. The van der Waals surface area contributed by atoms with Crippen LogP contribution in [0.2, 0.25) is 19.6 Å². The van der Waals surface area contributed by atoms with Gasteiger partial charge in [-0.3, -0.25) is 0 Å². The van der Waals surface area contributed by atoms with Crippen LogP contribution in [-0.4, -0.2) is 8.07 Å². The molecule has 2 aromatic rings. The number of hydrogen-bond donors (Lipinski definition) is 0. The van der Waals surface area contributed by atoms with Crippen molar-refractivity contribution in [1.82, 2.24) is 0 Å². The van der Waals surface area contributed by atoms with E-state index in [1.54, 1.807) is 0 Å². The second kappa shape index (κ2) is 8.11. The largest absolute Gasteiger partial charge is 0.0775 e. The van der Waals surface area contributed by atoms with Crippen LogP contribution in [0, 0.1) is 12.3 Å². The average molecular weight is 437 g/mol. The van der Waals surface area contributed by atoms with Crippen molar-refractivity contribution in [2.24, 2.45) is 5.92 Å². The van der Waals surface area contributed by atoms with Crippen LogP contribution >= 0.6 is 0 Å². The third-order valence-electron chi connectivity index (χ3n) is 5.87. The van der Waals surface area contributed by atoms with Gasteiger partial charge < -0.3 is 0 Å². The van der Waals surface area contributed by atoms with Gasteiger partial charge in [-0.2, -0.15) is 0 Å². The van der Waals surface area contributed by atoms with Crippen molar-refractivity contribution in [2.75, 3.05) is 0 Å². The SMILES string of the molecule is C[Si](C)(C)c1ccc(-c2cccc3c2C=C(CC2CCCC2)[CH]3)cc1.[Zr]. The third kappa shape index (κ3) is 4.23. The van der Waals surface area contributed by atoms with Gasteiger partial charge in [-0.25, -0.2) is 0 Å². The summed E-state index contributed by atoms with van der Waals surface area (Å²) >= 11 is 0. The summed E-state index contributed by atoms with van der Waals surface area (Å²) in [5.74, 6) is 0.913. The van der Waals surface area contributed by atoms with E-state index in [2.05, 4.69) is 74.6 Å². The molecule has 2 aliphatic rings. The van der Waals surface area contributed by atoms with Gasteiger partial charge in [-0.15, -0.1) is 0 Å². The summed E-state index contributed by atoms with van der Waals surface area (Å²) in [5.41, 5.74) is 7.10. The van der Waals surface area contributed by atoms with E-state index < -0.39 is 8.07 Å². The molecule has 1 radical (unpaired) electrons. The van der Waals surface area contributed by atoms with Crippen LogP contribution in [0.15, 0.2) is 48.0 Å². The summed E-state index contributed by atoms with van der Waals surface area (Å²) in [7, 11) is -1.23. The van der Waals surface area contributed by atoms with Gasteiger partial charge in [0.1, 0.15) is 0 Å². The molecule has 1 saturated carbocycles. The van der Waals surface area contributed by atoms with Gasteiger partial charge >= 0.3 is 0 Å². The molecule has 0 saturated heterocycles. The first-order valence-electron chi connectivity index (χ1n) is 9.80. The maximum Gasteiger partial charge on any atom is 0.0775 e. The van der Waals surface area contributed by atoms with E-state index >= 15 is 0 Å². The summed E-state index contributed by atoms with van der Waals surface area (Å²) < 4.78 is 0. The summed E-state index contributed by atoms with van der Waals surface area (Å²) in [5, 5.41) is 1.54. The first kappa shape index (κ1) is 20.0. The average Bonchev–Trinajstić information content (AvgIpc) is 3.23. The predicted octanol–water partition coefficient (Wildman–Crippen LogP) is 6.43. The fourth-order valence-electron chi connectivity index (χ4n) is 4.36. The molecule has 2 heteroatoms. The Hall–Kier alpha value is -0.720. The number of allylic oxidation sites excluding steroid dienone is 1. The second-order valence-electron chi connectivity index (χ2n) is 8.85. The maximum atomic E-state index is 2.45. The molecule has 0 amide bonds. The Morgan fingerprint density at radius 1 is 0.923 bits per heavy atom. The molecule has 1 fully saturated rings. The third-order valence-corrected chi connectivity index (χ3v) is 7.94. The molecule has 2 aromatic carbocycles. The molecule has 0 nitrogen and oxygen atoms in total.